The molecule has 2 aliphatic heterocycles. The summed E-state index contributed by atoms with van der Waals surface area (Å²) in [6.45, 7) is 5.81. The van der Waals surface area contributed by atoms with Gasteiger partial charge in [0.2, 0.25) is 17.8 Å². The van der Waals surface area contributed by atoms with E-state index in [-0.39, 0.29) is 24.1 Å². The molecule has 56 heavy (non-hydrogen) atoms. The lowest BCUT2D eigenvalue weighted by Gasteiger charge is -2.29. The fraction of sp³-hybridized carbons (Fsp3) is 0.475. The number of aromatic nitrogens is 4. The summed E-state index contributed by atoms with van der Waals surface area (Å²) in [5, 5.41) is 22.7. The number of fused-ring (bicyclic) bond motifs is 2. The van der Waals surface area contributed by atoms with E-state index in [4.69, 9.17) is 14.9 Å². The summed E-state index contributed by atoms with van der Waals surface area (Å²) in [6.07, 6.45) is 4.79. The Morgan fingerprint density at radius 1 is 1.04 bits per heavy atom. The Hall–Kier alpha value is -5.38. The molecule has 2 fully saturated rings. The fourth-order valence-electron chi connectivity index (χ4n) is 7.94. The third-order valence-corrected chi connectivity index (χ3v) is 10.6. The van der Waals surface area contributed by atoms with Crippen molar-refractivity contribution in [1.29, 1.82) is 0 Å². The number of halogens is 3. The minimum absolute atomic E-state index is 0.109. The van der Waals surface area contributed by atoms with Crippen LogP contribution in [0.3, 0.4) is 0 Å². The first-order valence-corrected chi connectivity index (χ1v) is 19.0. The quantitative estimate of drug-likeness (QED) is 0.101. The summed E-state index contributed by atoms with van der Waals surface area (Å²) in [5.74, 6) is -2.45. The van der Waals surface area contributed by atoms with Gasteiger partial charge < -0.3 is 20.6 Å². The highest BCUT2D eigenvalue weighted by Crippen LogP contribution is 2.32. The van der Waals surface area contributed by atoms with Crippen LogP contribution in [0, 0.1) is 0 Å². The monoisotopic (exact) mass is 776 g/mol. The zero-order chi connectivity index (χ0) is 40.1. The van der Waals surface area contributed by atoms with E-state index >= 15 is 0 Å². The van der Waals surface area contributed by atoms with Gasteiger partial charge in [0, 0.05) is 60.5 Å². The van der Waals surface area contributed by atoms with Crippen molar-refractivity contribution in [2.45, 2.75) is 108 Å². The van der Waals surface area contributed by atoms with E-state index in [1.807, 2.05) is 36.1 Å². The standard InChI is InChI=1S/C38H46N8O3.C2HF3O2/c1-23(2)35-29-20-25(11-14-32(29)44-45(35)3)31-17-19-40-38(42-31)41-27-13-12-26(21-27)39-18-6-4-5-8-24-9-7-10-28-30(24)22-46(37(28)49)33-15-16-34(47)43-36(33)48;3-2(4,5)1(6)7/h7,9-11,14,17,19-20,23,26-27,33,39H,4-6,8,12-13,15-16,18,21-22H2,1-3H3,(H,40,41,42)(H,43,47,48);(H,6,7)/t26-,27-,33?;/m0./s1. The van der Waals surface area contributed by atoms with E-state index in [0.717, 1.165) is 73.8 Å². The maximum absolute atomic E-state index is 13.1. The highest BCUT2D eigenvalue weighted by molar-refractivity contribution is 6.05. The number of hydrogen-bond donors (Lipinski definition) is 4. The van der Waals surface area contributed by atoms with Crippen LogP contribution >= 0.6 is 0 Å². The molecule has 1 aliphatic carbocycles. The van der Waals surface area contributed by atoms with Crippen LogP contribution in [-0.4, -0.2) is 84.3 Å². The molecule has 3 aliphatic rings. The number of aliphatic carboxylic acids is 1. The van der Waals surface area contributed by atoms with Crippen molar-refractivity contribution in [3.05, 3.63) is 71.0 Å². The second-order valence-electron chi connectivity index (χ2n) is 14.9. The number of carboxylic acid groups (broad SMARTS) is 1. The Labute approximate surface area is 322 Å². The van der Waals surface area contributed by atoms with Gasteiger partial charge in [0.25, 0.3) is 5.91 Å². The lowest BCUT2D eigenvalue weighted by Crippen LogP contribution is -2.52. The first-order valence-electron chi connectivity index (χ1n) is 19.0. The number of alkyl halides is 3. The Morgan fingerprint density at radius 2 is 1.80 bits per heavy atom. The lowest BCUT2D eigenvalue weighted by atomic mass is 9.98. The van der Waals surface area contributed by atoms with Gasteiger partial charge in [-0.2, -0.15) is 18.3 Å². The molecule has 0 radical (unpaired) electrons. The van der Waals surface area contributed by atoms with E-state index in [0.29, 0.717) is 42.5 Å². The van der Waals surface area contributed by atoms with Crippen molar-refractivity contribution < 1.29 is 37.5 Å². The molecule has 13 nitrogen and oxygen atoms in total. The molecular weight excluding hydrogens is 729 g/mol. The number of anilines is 1. The molecule has 4 N–H and O–H groups in total. The van der Waals surface area contributed by atoms with Crippen molar-refractivity contribution >= 4 is 40.5 Å². The van der Waals surface area contributed by atoms with E-state index in [9.17, 15) is 27.6 Å². The summed E-state index contributed by atoms with van der Waals surface area (Å²) >= 11 is 0. The average Bonchev–Trinajstić information content (AvgIpc) is 3.84. The van der Waals surface area contributed by atoms with Gasteiger partial charge in [-0.3, -0.25) is 24.4 Å². The van der Waals surface area contributed by atoms with Crippen molar-refractivity contribution in [2.75, 3.05) is 11.9 Å². The van der Waals surface area contributed by atoms with Gasteiger partial charge in [-0.1, -0.05) is 38.5 Å². The summed E-state index contributed by atoms with van der Waals surface area (Å²) in [5.41, 5.74) is 7.11. The average molecular weight is 777 g/mol. The van der Waals surface area contributed by atoms with E-state index in [2.05, 4.69) is 64.1 Å². The number of nitrogens with zero attached hydrogens (tertiary/aromatic N) is 5. The van der Waals surface area contributed by atoms with Crippen LogP contribution in [0.1, 0.15) is 98.3 Å². The maximum atomic E-state index is 13.1. The molecule has 2 aromatic carbocycles. The Balaban J connectivity index is 0.000000695. The predicted molar refractivity (Wildman–Crippen MR) is 203 cm³/mol. The van der Waals surface area contributed by atoms with Crippen LogP contribution in [0.25, 0.3) is 22.2 Å². The van der Waals surface area contributed by atoms with Gasteiger partial charge in [0.1, 0.15) is 6.04 Å². The van der Waals surface area contributed by atoms with E-state index in [1.165, 1.54) is 16.6 Å². The Bertz CT molecular complexity index is 2100. The molecule has 1 saturated carbocycles. The topological polar surface area (TPSA) is 171 Å². The molecule has 298 valence electrons. The summed E-state index contributed by atoms with van der Waals surface area (Å²) in [4.78, 5) is 57.1. The Morgan fingerprint density at radius 3 is 2.54 bits per heavy atom. The minimum Gasteiger partial charge on any atom is -0.475 e. The number of carbonyl (C=O) groups is 4. The van der Waals surface area contributed by atoms with Crippen molar-refractivity contribution in [1.82, 2.24) is 35.3 Å². The second kappa shape index (κ2) is 17.2. The molecule has 3 amide bonds. The number of carboxylic acids is 1. The summed E-state index contributed by atoms with van der Waals surface area (Å²) in [7, 11) is 2.01. The number of amides is 3. The number of rotatable bonds is 12. The Kier molecular flexibility index (Phi) is 12.4. The lowest BCUT2D eigenvalue weighted by molar-refractivity contribution is -0.192. The fourth-order valence-corrected chi connectivity index (χ4v) is 7.94. The first kappa shape index (κ1) is 40.3. The second-order valence-corrected chi connectivity index (χ2v) is 14.9. The van der Waals surface area contributed by atoms with Crippen molar-refractivity contribution in [3.63, 3.8) is 0 Å². The number of aryl methyl sites for hydroxylation is 2. The molecular formula is C40H47F3N8O5. The molecule has 2 aromatic heterocycles. The van der Waals surface area contributed by atoms with Crippen LogP contribution in [0.15, 0.2) is 48.7 Å². The minimum atomic E-state index is -5.08. The summed E-state index contributed by atoms with van der Waals surface area (Å²) < 4.78 is 33.7. The third-order valence-electron chi connectivity index (χ3n) is 10.6. The predicted octanol–water partition coefficient (Wildman–Crippen LogP) is 5.88. The van der Waals surface area contributed by atoms with E-state index < -0.39 is 18.2 Å². The highest BCUT2D eigenvalue weighted by atomic mass is 19.4. The molecule has 1 saturated heterocycles. The number of unbranched alkanes of at least 4 members (excludes halogenated alkanes) is 2. The molecule has 4 aromatic rings. The first-order chi connectivity index (χ1) is 26.7. The number of piperidine rings is 1. The largest absolute Gasteiger partial charge is 0.490 e. The van der Waals surface area contributed by atoms with Gasteiger partial charge >= 0.3 is 12.1 Å². The zero-order valence-corrected chi connectivity index (χ0v) is 31.7. The number of carbonyl (C=O) groups excluding carboxylic acids is 3. The zero-order valence-electron chi connectivity index (χ0n) is 31.7. The maximum Gasteiger partial charge on any atom is 0.490 e. The number of imide groups is 1. The molecule has 0 bridgehead atoms. The normalized spacial score (nSPS) is 19.6. The van der Waals surface area contributed by atoms with Crippen LogP contribution in [-0.2, 0) is 34.4 Å². The molecule has 1 unspecified atom stereocenters. The number of nitrogens with one attached hydrogen (secondary N) is 3. The van der Waals surface area contributed by atoms with Crippen LogP contribution in [0.4, 0.5) is 19.1 Å². The number of hydrogen-bond acceptors (Lipinski definition) is 9. The molecule has 7 rings (SSSR count). The van der Waals surface area contributed by atoms with Gasteiger partial charge in [0.15, 0.2) is 0 Å². The van der Waals surface area contributed by atoms with Crippen molar-refractivity contribution in [3.8, 4) is 11.3 Å². The molecule has 4 heterocycles. The smallest absolute Gasteiger partial charge is 0.475 e. The molecule has 3 atom stereocenters. The van der Waals surface area contributed by atoms with Gasteiger partial charge in [-0.15, -0.1) is 0 Å². The third kappa shape index (κ3) is 9.34. The van der Waals surface area contributed by atoms with Crippen molar-refractivity contribution in [2.24, 2.45) is 7.05 Å². The van der Waals surface area contributed by atoms with Gasteiger partial charge in [0.05, 0.1) is 11.2 Å². The van der Waals surface area contributed by atoms with E-state index in [1.54, 1.807) is 4.90 Å². The molecule has 16 heteroatoms. The SMILES string of the molecule is CC(C)c1c2cc(-c3ccnc(N[C@H]4CC[C@H](NCCCCCc5cccc6c5CN(C5CCC(=O)NC5=O)C6=O)C4)n3)ccc2nn1C.O=C(O)C(F)(F)F. The van der Waals surface area contributed by atoms with Gasteiger partial charge in [-0.05, 0) is 92.8 Å². The highest BCUT2D eigenvalue weighted by Gasteiger charge is 2.40. The summed E-state index contributed by atoms with van der Waals surface area (Å²) in [6, 6.07) is 14.5. The van der Waals surface area contributed by atoms with Crippen LogP contribution in [0.2, 0.25) is 0 Å². The van der Waals surface area contributed by atoms with Gasteiger partial charge in [-0.25, -0.2) is 14.8 Å². The number of benzene rings is 2. The van der Waals surface area contributed by atoms with Crippen LogP contribution < -0.4 is 16.0 Å². The van der Waals surface area contributed by atoms with Crippen LogP contribution in [0.5, 0.6) is 0 Å². The molecule has 0 spiro atoms.